The molecule has 1 heterocycles. The monoisotopic (exact) mass is 309 g/mol. The van der Waals surface area contributed by atoms with Gasteiger partial charge in [0.15, 0.2) is 6.39 Å². The molecule has 0 aliphatic heterocycles. The molecule has 1 amide bonds. The second kappa shape index (κ2) is 4.81. The highest BCUT2D eigenvalue weighted by Crippen LogP contribution is 2.28. The van der Waals surface area contributed by atoms with Gasteiger partial charge in [-0.15, -0.1) is 0 Å². The molecule has 0 atom stereocenters. The van der Waals surface area contributed by atoms with E-state index in [1.165, 1.54) is 6.39 Å². The number of aromatic nitrogens is 1. The van der Waals surface area contributed by atoms with E-state index in [4.69, 9.17) is 10.2 Å². The Labute approximate surface area is 113 Å². The van der Waals surface area contributed by atoms with Crippen LogP contribution in [0.25, 0.3) is 0 Å². The minimum atomic E-state index is -0.359. The highest BCUT2D eigenvalue weighted by molar-refractivity contribution is 9.10. The van der Waals surface area contributed by atoms with Crippen molar-refractivity contribution >= 4 is 33.2 Å². The zero-order valence-electron chi connectivity index (χ0n) is 9.95. The highest BCUT2D eigenvalue weighted by atomic mass is 79.9. The van der Waals surface area contributed by atoms with E-state index in [1.54, 1.807) is 13.0 Å². The van der Waals surface area contributed by atoms with Crippen molar-refractivity contribution in [2.24, 2.45) is 0 Å². The standard InChI is InChI=1S/C12H12BrN3O2/c1-6-3-8(13)4-9(14)10(6)16-12(17)11-7(2)15-5-18-11/h3-5H,14H2,1-2H3,(H,16,17). The Morgan fingerprint density at radius 2 is 2.17 bits per heavy atom. The van der Waals surface area contributed by atoms with Crippen LogP contribution in [0.2, 0.25) is 0 Å². The van der Waals surface area contributed by atoms with Crippen molar-refractivity contribution in [1.82, 2.24) is 4.98 Å². The number of rotatable bonds is 2. The number of oxazole rings is 1. The summed E-state index contributed by atoms with van der Waals surface area (Å²) in [4.78, 5) is 15.8. The third kappa shape index (κ3) is 2.38. The van der Waals surface area contributed by atoms with Gasteiger partial charge in [0.2, 0.25) is 5.76 Å². The number of halogens is 1. The molecule has 0 fully saturated rings. The molecule has 0 saturated carbocycles. The van der Waals surface area contributed by atoms with Gasteiger partial charge in [0, 0.05) is 4.47 Å². The Bertz CT molecular complexity index is 584. The summed E-state index contributed by atoms with van der Waals surface area (Å²) in [5.41, 5.74) is 8.36. The number of hydrogen-bond donors (Lipinski definition) is 2. The first-order valence-corrected chi connectivity index (χ1v) is 6.05. The predicted octanol–water partition coefficient (Wildman–Crippen LogP) is 2.89. The van der Waals surface area contributed by atoms with Crippen LogP contribution in [-0.4, -0.2) is 10.9 Å². The molecular weight excluding hydrogens is 298 g/mol. The van der Waals surface area contributed by atoms with Gasteiger partial charge in [-0.2, -0.15) is 0 Å². The van der Waals surface area contributed by atoms with Gasteiger partial charge in [0.25, 0.3) is 5.91 Å². The molecule has 3 N–H and O–H groups in total. The minimum Gasteiger partial charge on any atom is -0.438 e. The molecule has 5 nitrogen and oxygen atoms in total. The first kappa shape index (κ1) is 12.6. The van der Waals surface area contributed by atoms with Gasteiger partial charge >= 0.3 is 0 Å². The summed E-state index contributed by atoms with van der Waals surface area (Å²) in [6, 6.07) is 3.61. The molecule has 0 aliphatic rings. The van der Waals surface area contributed by atoms with Gasteiger partial charge in [-0.1, -0.05) is 15.9 Å². The predicted molar refractivity (Wildman–Crippen MR) is 72.5 cm³/mol. The Hall–Kier alpha value is -1.82. The van der Waals surface area contributed by atoms with E-state index < -0.39 is 0 Å². The summed E-state index contributed by atoms with van der Waals surface area (Å²) in [6.07, 6.45) is 1.24. The van der Waals surface area contributed by atoms with E-state index in [0.29, 0.717) is 17.1 Å². The molecule has 2 rings (SSSR count). The van der Waals surface area contributed by atoms with Crippen LogP contribution in [-0.2, 0) is 0 Å². The second-order valence-electron chi connectivity index (χ2n) is 3.91. The number of hydrogen-bond acceptors (Lipinski definition) is 4. The first-order valence-electron chi connectivity index (χ1n) is 5.26. The lowest BCUT2D eigenvalue weighted by Crippen LogP contribution is -2.14. The maximum atomic E-state index is 12.0. The SMILES string of the molecule is Cc1cc(Br)cc(N)c1NC(=O)c1ocnc1C. The number of nitrogens with one attached hydrogen (secondary N) is 1. The minimum absolute atomic E-state index is 0.191. The summed E-state index contributed by atoms with van der Waals surface area (Å²) in [5.74, 6) is -0.168. The zero-order valence-corrected chi connectivity index (χ0v) is 11.5. The van der Waals surface area contributed by atoms with Crippen LogP contribution in [0.5, 0.6) is 0 Å². The summed E-state index contributed by atoms with van der Waals surface area (Å²) in [5, 5.41) is 2.73. The van der Waals surface area contributed by atoms with Crippen molar-refractivity contribution in [3.8, 4) is 0 Å². The second-order valence-corrected chi connectivity index (χ2v) is 4.82. The Balaban J connectivity index is 2.31. The van der Waals surface area contributed by atoms with Crippen molar-refractivity contribution in [1.29, 1.82) is 0 Å². The fourth-order valence-electron chi connectivity index (χ4n) is 1.63. The lowest BCUT2D eigenvalue weighted by Gasteiger charge is -2.11. The fourth-order valence-corrected chi connectivity index (χ4v) is 2.22. The number of nitrogen functional groups attached to an aromatic ring is 1. The molecule has 18 heavy (non-hydrogen) atoms. The van der Waals surface area contributed by atoms with E-state index >= 15 is 0 Å². The molecule has 0 unspecified atom stereocenters. The lowest BCUT2D eigenvalue weighted by molar-refractivity contribution is 0.0996. The van der Waals surface area contributed by atoms with Crippen LogP contribution in [0, 0.1) is 13.8 Å². The number of nitrogens with two attached hydrogens (primary N) is 1. The average Bonchev–Trinajstić information content (AvgIpc) is 2.69. The quantitative estimate of drug-likeness (QED) is 0.836. The zero-order chi connectivity index (χ0) is 13.3. The van der Waals surface area contributed by atoms with Gasteiger partial charge in [0.1, 0.15) is 0 Å². The summed E-state index contributed by atoms with van der Waals surface area (Å²) in [6.45, 7) is 3.57. The number of carbonyl (C=O) groups is 1. The number of nitrogens with zero attached hydrogens (tertiary/aromatic N) is 1. The molecule has 0 aliphatic carbocycles. The molecule has 1 aromatic heterocycles. The smallest absolute Gasteiger partial charge is 0.293 e. The number of carbonyl (C=O) groups excluding carboxylic acids is 1. The Kier molecular flexibility index (Phi) is 3.38. The van der Waals surface area contributed by atoms with Crippen molar-refractivity contribution in [2.75, 3.05) is 11.1 Å². The molecule has 94 valence electrons. The third-order valence-corrected chi connectivity index (χ3v) is 2.98. The fraction of sp³-hybridized carbons (Fsp3) is 0.167. The van der Waals surface area contributed by atoms with Crippen LogP contribution < -0.4 is 11.1 Å². The Morgan fingerprint density at radius 1 is 1.44 bits per heavy atom. The number of aryl methyl sites for hydroxylation is 2. The normalized spacial score (nSPS) is 10.4. The third-order valence-electron chi connectivity index (χ3n) is 2.52. The molecule has 0 saturated heterocycles. The summed E-state index contributed by atoms with van der Waals surface area (Å²) in [7, 11) is 0. The molecule has 2 aromatic rings. The van der Waals surface area contributed by atoms with Crippen LogP contribution in [0.3, 0.4) is 0 Å². The Morgan fingerprint density at radius 3 is 2.72 bits per heavy atom. The molecule has 0 radical (unpaired) electrons. The van der Waals surface area contributed by atoms with E-state index in [0.717, 1.165) is 10.0 Å². The number of amides is 1. The summed E-state index contributed by atoms with van der Waals surface area (Å²) >= 11 is 3.34. The molecule has 1 aromatic carbocycles. The van der Waals surface area contributed by atoms with Crippen LogP contribution in [0.15, 0.2) is 27.4 Å². The number of benzene rings is 1. The highest BCUT2D eigenvalue weighted by Gasteiger charge is 2.16. The van der Waals surface area contributed by atoms with Gasteiger partial charge < -0.3 is 15.5 Å². The van der Waals surface area contributed by atoms with Crippen LogP contribution in [0.4, 0.5) is 11.4 Å². The van der Waals surface area contributed by atoms with Crippen molar-refractivity contribution in [3.05, 3.63) is 40.0 Å². The maximum absolute atomic E-state index is 12.0. The van der Waals surface area contributed by atoms with Gasteiger partial charge in [-0.3, -0.25) is 4.79 Å². The van der Waals surface area contributed by atoms with Gasteiger partial charge in [-0.05, 0) is 31.5 Å². The topological polar surface area (TPSA) is 81.1 Å². The summed E-state index contributed by atoms with van der Waals surface area (Å²) < 4.78 is 5.90. The lowest BCUT2D eigenvalue weighted by atomic mass is 10.1. The van der Waals surface area contributed by atoms with Crippen LogP contribution in [0.1, 0.15) is 21.8 Å². The first-order chi connectivity index (χ1) is 8.49. The average molecular weight is 310 g/mol. The van der Waals surface area contributed by atoms with Crippen LogP contribution >= 0.6 is 15.9 Å². The maximum Gasteiger partial charge on any atom is 0.293 e. The van der Waals surface area contributed by atoms with E-state index in [1.807, 2.05) is 13.0 Å². The molecule has 0 spiro atoms. The van der Waals surface area contributed by atoms with Gasteiger partial charge in [0.05, 0.1) is 17.1 Å². The molecule has 6 heteroatoms. The van der Waals surface area contributed by atoms with Crippen molar-refractivity contribution in [3.63, 3.8) is 0 Å². The van der Waals surface area contributed by atoms with E-state index in [-0.39, 0.29) is 11.7 Å². The van der Waals surface area contributed by atoms with Gasteiger partial charge in [-0.25, -0.2) is 4.98 Å². The van der Waals surface area contributed by atoms with Crippen molar-refractivity contribution in [2.45, 2.75) is 13.8 Å². The largest absolute Gasteiger partial charge is 0.438 e. The molecular formula is C12H12BrN3O2. The van der Waals surface area contributed by atoms with E-state index in [9.17, 15) is 4.79 Å². The van der Waals surface area contributed by atoms with E-state index in [2.05, 4.69) is 26.2 Å². The molecule has 0 bridgehead atoms. The van der Waals surface area contributed by atoms with Crippen molar-refractivity contribution < 1.29 is 9.21 Å². The number of anilines is 2.